The topological polar surface area (TPSA) is 111 Å². The summed E-state index contributed by atoms with van der Waals surface area (Å²) in [6.45, 7) is 3.95. The fourth-order valence-electron chi connectivity index (χ4n) is 8.90. The maximum atomic E-state index is 12.9. The van der Waals surface area contributed by atoms with E-state index in [0.29, 0.717) is 23.9 Å². The molecule has 0 fully saturated rings. The van der Waals surface area contributed by atoms with E-state index in [1.54, 1.807) is 0 Å². The summed E-state index contributed by atoms with van der Waals surface area (Å²) >= 11 is 0. The van der Waals surface area contributed by atoms with E-state index in [1.807, 2.05) is 21.1 Å². The van der Waals surface area contributed by atoms with Crippen LogP contribution in [0.1, 0.15) is 245 Å². The molecule has 0 N–H and O–H groups in total. The highest BCUT2D eigenvalue weighted by molar-refractivity contribution is 7.45. The zero-order chi connectivity index (χ0) is 66.9. The number of allylic oxidation sites excluding steroid dienone is 34. The van der Waals surface area contributed by atoms with Gasteiger partial charge in [0, 0.05) is 12.8 Å². The predicted molar refractivity (Wildman–Crippen MR) is 396 cm³/mol. The summed E-state index contributed by atoms with van der Waals surface area (Å²) in [6, 6.07) is 0. The average molecular weight is 1290 g/mol. The number of nitrogens with zero attached hydrogens (tertiary/aromatic N) is 1. The molecule has 0 aliphatic rings. The summed E-state index contributed by atoms with van der Waals surface area (Å²) in [7, 11) is 1.12. The van der Waals surface area contributed by atoms with Crippen molar-refractivity contribution in [1.82, 2.24) is 0 Å². The highest BCUT2D eigenvalue weighted by Gasteiger charge is 2.22. The van der Waals surface area contributed by atoms with Crippen molar-refractivity contribution in [1.29, 1.82) is 0 Å². The van der Waals surface area contributed by atoms with Gasteiger partial charge in [-0.05, 0) is 148 Å². The van der Waals surface area contributed by atoms with Crippen LogP contribution in [0, 0.1) is 0 Å². The summed E-state index contributed by atoms with van der Waals surface area (Å²) in [4.78, 5) is 38.1. The Bertz CT molecular complexity index is 2310. The van der Waals surface area contributed by atoms with E-state index in [0.717, 1.165) is 161 Å². The van der Waals surface area contributed by atoms with Crippen LogP contribution in [0.25, 0.3) is 0 Å². The van der Waals surface area contributed by atoms with E-state index in [1.165, 1.54) is 44.9 Å². The zero-order valence-electron chi connectivity index (χ0n) is 58.7. The molecule has 516 valence electrons. The second kappa shape index (κ2) is 69.9. The maximum Gasteiger partial charge on any atom is 0.306 e. The summed E-state index contributed by atoms with van der Waals surface area (Å²) < 4.78 is 34.3. The molecule has 0 saturated carbocycles. The minimum Gasteiger partial charge on any atom is -0.756 e. The number of carbonyl (C=O) groups is 2. The van der Waals surface area contributed by atoms with Crippen molar-refractivity contribution in [2.24, 2.45) is 0 Å². The minimum atomic E-state index is -4.67. The van der Waals surface area contributed by atoms with E-state index in [-0.39, 0.29) is 26.1 Å². The maximum absolute atomic E-state index is 12.9. The van der Waals surface area contributed by atoms with Gasteiger partial charge in [-0.15, -0.1) is 0 Å². The van der Waals surface area contributed by atoms with E-state index < -0.39 is 32.5 Å². The van der Waals surface area contributed by atoms with Crippen molar-refractivity contribution in [2.75, 3.05) is 47.5 Å². The number of quaternary nitrogens is 1. The van der Waals surface area contributed by atoms with Crippen LogP contribution in [0.5, 0.6) is 0 Å². The van der Waals surface area contributed by atoms with Gasteiger partial charge in [0.05, 0.1) is 27.7 Å². The lowest BCUT2D eigenvalue weighted by atomic mass is 10.0. The number of hydrogen-bond acceptors (Lipinski definition) is 8. The monoisotopic (exact) mass is 1290 g/mol. The van der Waals surface area contributed by atoms with Gasteiger partial charge in [-0.25, -0.2) is 0 Å². The molecule has 10 heteroatoms. The molecule has 9 nitrogen and oxygen atoms in total. The molecular weight excluding hydrogens is 1160 g/mol. The fraction of sp³-hybridized carbons (Fsp3) is 0.561. The van der Waals surface area contributed by atoms with Crippen LogP contribution >= 0.6 is 7.82 Å². The molecule has 0 saturated heterocycles. The van der Waals surface area contributed by atoms with Gasteiger partial charge < -0.3 is 27.9 Å². The van der Waals surface area contributed by atoms with E-state index in [9.17, 15) is 19.0 Å². The Morgan fingerprint density at radius 3 is 0.870 bits per heavy atom. The quantitative estimate of drug-likeness (QED) is 0.0195. The van der Waals surface area contributed by atoms with Crippen LogP contribution in [0.2, 0.25) is 0 Å². The highest BCUT2D eigenvalue weighted by atomic mass is 31.2. The van der Waals surface area contributed by atoms with Crippen molar-refractivity contribution >= 4 is 19.8 Å². The van der Waals surface area contributed by atoms with Gasteiger partial charge in [-0.1, -0.05) is 291 Å². The molecule has 0 heterocycles. The van der Waals surface area contributed by atoms with Gasteiger partial charge in [0.1, 0.15) is 19.8 Å². The Labute approximate surface area is 564 Å². The minimum absolute atomic E-state index is 0.0482. The van der Waals surface area contributed by atoms with Gasteiger partial charge in [-0.2, -0.15) is 0 Å². The lowest BCUT2D eigenvalue weighted by Gasteiger charge is -2.28. The van der Waals surface area contributed by atoms with Crippen LogP contribution < -0.4 is 4.89 Å². The third-order valence-corrected chi connectivity index (χ3v) is 15.3. The number of phosphoric ester groups is 1. The molecular formula is C82H130NO8P. The lowest BCUT2D eigenvalue weighted by molar-refractivity contribution is -0.870. The first kappa shape index (κ1) is 86.6. The van der Waals surface area contributed by atoms with Crippen molar-refractivity contribution < 1.29 is 42.1 Å². The largest absolute Gasteiger partial charge is 0.756 e. The third-order valence-electron chi connectivity index (χ3n) is 14.3. The Balaban J connectivity index is 4.20. The van der Waals surface area contributed by atoms with Crippen LogP contribution in [0.4, 0.5) is 0 Å². The third kappa shape index (κ3) is 73.6. The predicted octanol–water partition coefficient (Wildman–Crippen LogP) is 23.2. The lowest BCUT2D eigenvalue weighted by Crippen LogP contribution is -2.37. The summed E-state index contributed by atoms with van der Waals surface area (Å²) in [5, 5.41) is 0. The summed E-state index contributed by atoms with van der Waals surface area (Å²) in [5.41, 5.74) is 0. The number of ether oxygens (including phenoxy) is 2. The SMILES string of the molecule is CC/C=C\C/C=C\C/C=C\C/C=C\C/C=C\C/C=C\C/C=C\C/C=C\C/C=C\C/C=C\CCCCCCC(=O)OC(COC(=O)CCCCCCCCCCCCC/C=C\C/C=C\C/C=C\C/C=C\C/C=C\C/C=C\C/C=C\CC)COP(=O)([O-])OCC[N+](C)(C)C. The Morgan fingerprint density at radius 1 is 0.337 bits per heavy atom. The molecule has 0 bridgehead atoms. The zero-order valence-corrected chi connectivity index (χ0v) is 59.5. The standard InChI is InChI=1S/C82H130NO8P/c1-6-8-10-12-14-16-18-20-22-24-26-28-30-32-34-36-38-40-41-43-45-47-49-51-53-55-57-59-61-63-65-67-69-71-73-75-82(85)91-80(79-90-92(86,87)89-77-76-83(3,4)5)78-88-81(84)74-72-70-68-66-64-62-60-58-56-54-52-50-48-46-44-42-39-37-35-33-31-29-27-25-23-21-19-17-15-13-11-9-7-2/h8-11,14-17,20-23,26-29,32-35,38-40,42-43,45-46,48-49,51,55,57,61,63,80H,6-7,12-13,18-19,24-25,30-31,36-37,41,44,47,50,52-54,56,58-60,62,64-79H2,1-5H3/b10-8-,11-9-,16-14-,17-15-,22-20-,23-21-,28-26-,29-27-,34-32-,35-33-,40-38-,42-39-,45-43-,48-46-,51-49-,57-55-,63-61-. The van der Waals surface area contributed by atoms with Crippen molar-refractivity contribution in [3.63, 3.8) is 0 Å². The van der Waals surface area contributed by atoms with Crippen molar-refractivity contribution in [2.45, 2.75) is 251 Å². The molecule has 0 amide bonds. The first-order chi connectivity index (χ1) is 45.0. The van der Waals surface area contributed by atoms with Gasteiger partial charge in [-0.3, -0.25) is 14.2 Å². The first-order valence-corrected chi connectivity index (χ1v) is 37.3. The highest BCUT2D eigenvalue weighted by Crippen LogP contribution is 2.38. The molecule has 0 radical (unpaired) electrons. The molecule has 0 rings (SSSR count). The molecule has 92 heavy (non-hydrogen) atoms. The van der Waals surface area contributed by atoms with Gasteiger partial charge in [0.15, 0.2) is 6.10 Å². The van der Waals surface area contributed by atoms with Crippen LogP contribution in [-0.4, -0.2) is 70.0 Å². The summed E-state index contributed by atoms with van der Waals surface area (Å²) in [5.74, 6) is -0.881. The first-order valence-electron chi connectivity index (χ1n) is 35.8. The molecule has 2 unspecified atom stereocenters. The molecule has 0 aromatic carbocycles. The molecule has 0 aliphatic heterocycles. The second-order valence-electron chi connectivity index (χ2n) is 24.1. The molecule has 2 atom stereocenters. The van der Waals surface area contributed by atoms with Crippen molar-refractivity contribution in [3.8, 4) is 0 Å². The van der Waals surface area contributed by atoms with Crippen LogP contribution in [0.3, 0.4) is 0 Å². The fourth-order valence-corrected chi connectivity index (χ4v) is 9.63. The second-order valence-corrected chi connectivity index (χ2v) is 25.5. The molecule has 0 aromatic heterocycles. The molecule has 0 aromatic rings. The van der Waals surface area contributed by atoms with Crippen LogP contribution in [-0.2, 0) is 32.7 Å². The van der Waals surface area contributed by atoms with E-state index >= 15 is 0 Å². The molecule has 0 spiro atoms. The van der Waals surface area contributed by atoms with Crippen molar-refractivity contribution in [3.05, 3.63) is 207 Å². The number of rotatable bonds is 63. The van der Waals surface area contributed by atoms with Gasteiger partial charge >= 0.3 is 11.9 Å². The van der Waals surface area contributed by atoms with Gasteiger partial charge in [0.25, 0.3) is 7.82 Å². The average Bonchev–Trinajstić information content (AvgIpc) is 2.14. The normalized spacial score (nSPS) is 14.4. The van der Waals surface area contributed by atoms with E-state index in [4.69, 9.17) is 18.5 Å². The number of unbranched alkanes of at least 4 members (excludes halogenated alkanes) is 15. The summed E-state index contributed by atoms with van der Waals surface area (Å²) in [6.07, 6.45) is 110. The number of phosphoric acid groups is 1. The van der Waals surface area contributed by atoms with E-state index in [2.05, 4.69) is 220 Å². The molecule has 0 aliphatic carbocycles. The van der Waals surface area contributed by atoms with Gasteiger partial charge in [0.2, 0.25) is 0 Å². The Morgan fingerprint density at radius 2 is 0.587 bits per heavy atom. The van der Waals surface area contributed by atoms with Crippen LogP contribution in [0.15, 0.2) is 207 Å². The number of esters is 2. The smallest absolute Gasteiger partial charge is 0.306 e. The Hall–Kier alpha value is -5.41. The number of hydrogen-bond donors (Lipinski definition) is 0. The number of carbonyl (C=O) groups excluding carboxylic acids is 2. The number of likely N-dealkylation sites (N-methyl/N-ethyl adjacent to an activating group) is 1. The Kier molecular flexibility index (Phi) is 65.8.